The Hall–Kier alpha value is -2.35. The van der Waals surface area contributed by atoms with Crippen molar-refractivity contribution in [2.75, 3.05) is 12.4 Å². The van der Waals surface area contributed by atoms with Gasteiger partial charge in [-0.3, -0.25) is 0 Å². The van der Waals surface area contributed by atoms with Gasteiger partial charge in [0.25, 0.3) is 0 Å². The third kappa shape index (κ3) is 4.32. The zero-order valence-corrected chi connectivity index (χ0v) is 12.2. The Balaban J connectivity index is 1.98. The Labute approximate surface area is 125 Å². The molecule has 1 aromatic carbocycles. The molecule has 8 heteroatoms. The average Bonchev–Trinajstić information content (AvgIpc) is 2.93. The van der Waals surface area contributed by atoms with E-state index in [1.54, 1.807) is 41.9 Å². The topological polar surface area (TPSA) is 90.1 Å². The van der Waals surface area contributed by atoms with Gasteiger partial charge in [-0.1, -0.05) is 17.8 Å². The van der Waals surface area contributed by atoms with Crippen LogP contribution in [0, 0.1) is 0 Å². The number of phenols is 1. The lowest BCUT2D eigenvalue weighted by Crippen LogP contribution is -2.00. The molecule has 0 amide bonds. The number of hydrogen-bond donors (Lipinski definition) is 1. The number of phenolic OH excluding ortho intramolecular Hbond substituents is 1. The Morgan fingerprint density at radius 3 is 2.90 bits per heavy atom. The highest BCUT2D eigenvalue weighted by atomic mass is 32.2. The lowest BCUT2D eigenvalue weighted by molar-refractivity contribution is -0.137. The van der Waals surface area contributed by atoms with Crippen LogP contribution >= 0.6 is 11.8 Å². The second-order valence-corrected chi connectivity index (χ2v) is 4.84. The van der Waals surface area contributed by atoms with Crippen molar-refractivity contribution < 1.29 is 14.6 Å². The lowest BCUT2D eigenvalue weighted by atomic mass is 10.3. The number of carbonyl (C=O) groups is 1. The van der Waals surface area contributed by atoms with E-state index in [0.717, 1.165) is 5.69 Å². The maximum absolute atomic E-state index is 11.1. The maximum atomic E-state index is 11.1. The van der Waals surface area contributed by atoms with Gasteiger partial charge in [-0.15, -0.1) is 5.10 Å². The first kappa shape index (κ1) is 15.0. The standard InChI is InChI=1S/C13H14N4O3S/c1-2-20-12(19)4-3-9-21-13-14-15-16-17(13)10-5-7-11(18)8-6-10/h3-8,18H,2,9H2,1H3/b4-3+. The summed E-state index contributed by atoms with van der Waals surface area (Å²) in [6.45, 7) is 2.11. The van der Waals surface area contributed by atoms with Gasteiger partial charge in [-0.2, -0.15) is 4.68 Å². The van der Waals surface area contributed by atoms with Gasteiger partial charge in [-0.25, -0.2) is 4.79 Å². The molecule has 2 rings (SSSR count). The molecule has 0 spiro atoms. The number of rotatable bonds is 6. The van der Waals surface area contributed by atoms with Crippen LogP contribution in [0.2, 0.25) is 0 Å². The number of thioether (sulfide) groups is 1. The minimum absolute atomic E-state index is 0.179. The summed E-state index contributed by atoms with van der Waals surface area (Å²) in [6, 6.07) is 6.55. The maximum Gasteiger partial charge on any atom is 0.330 e. The summed E-state index contributed by atoms with van der Waals surface area (Å²) in [5.41, 5.74) is 0.745. The molecular formula is C13H14N4O3S. The molecule has 0 fully saturated rings. The molecule has 7 nitrogen and oxygen atoms in total. The van der Waals surface area contributed by atoms with Crippen LogP contribution < -0.4 is 0 Å². The third-order valence-electron chi connectivity index (χ3n) is 2.38. The van der Waals surface area contributed by atoms with Crippen molar-refractivity contribution in [2.45, 2.75) is 12.1 Å². The molecule has 1 aromatic heterocycles. The lowest BCUT2D eigenvalue weighted by Gasteiger charge is -2.03. The van der Waals surface area contributed by atoms with Crippen LogP contribution in [0.15, 0.2) is 41.6 Å². The molecule has 0 saturated carbocycles. The van der Waals surface area contributed by atoms with E-state index < -0.39 is 0 Å². The Morgan fingerprint density at radius 1 is 1.43 bits per heavy atom. The van der Waals surface area contributed by atoms with Gasteiger partial charge in [0.2, 0.25) is 5.16 Å². The largest absolute Gasteiger partial charge is 0.508 e. The summed E-state index contributed by atoms with van der Waals surface area (Å²) < 4.78 is 6.34. The summed E-state index contributed by atoms with van der Waals surface area (Å²) in [5, 5.41) is 21.3. The predicted molar refractivity (Wildman–Crippen MR) is 77.3 cm³/mol. The van der Waals surface area contributed by atoms with E-state index in [4.69, 9.17) is 4.74 Å². The second-order valence-electron chi connectivity index (χ2n) is 3.86. The molecule has 0 bridgehead atoms. The number of benzene rings is 1. The van der Waals surface area contributed by atoms with E-state index in [9.17, 15) is 9.90 Å². The van der Waals surface area contributed by atoms with E-state index in [1.165, 1.54) is 17.8 Å². The molecule has 0 aliphatic carbocycles. The number of aromatic hydroxyl groups is 1. The number of nitrogens with zero attached hydrogens (tertiary/aromatic N) is 4. The minimum atomic E-state index is -0.365. The Kier molecular flexibility index (Phi) is 5.33. The van der Waals surface area contributed by atoms with E-state index in [-0.39, 0.29) is 11.7 Å². The van der Waals surface area contributed by atoms with E-state index >= 15 is 0 Å². The number of tetrazole rings is 1. The monoisotopic (exact) mass is 306 g/mol. The van der Waals surface area contributed by atoms with Crippen molar-refractivity contribution in [3.8, 4) is 11.4 Å². The molecule has 0 aliphatic rings. The first-order chi connectivity index (χ1) is 10.2. The predicted octanol–water partition coefficient (Wildman–Crippen LogP) is 1.58. The summed E-state index contributed by atoms with van der Waals surface area (Å²) in [7, 11) is 0. The Bertz CT molecular complexity index is 625. The van der Waals surface area contributed by atoms with Gasteiger partial charge in [0, 0.05) is 11.8 Å². The van der Waals surface area contributed by atoms with Crippen LogP contribution in [0.3, 0.4) is 0 Å². The number of hydrogen-bond acceptors (Lipinski definition) is 7. The fourth-order valence-corrected chi connectivity index (χ4v) is 2.18. The SMILES string of the molecule is CCOC(=O)/C=C/CSc1nnnn1-c1ccc(O)cc1. The number of ether oxygens (including phenoxy) is 1. The van der Waals surface area contributed by atoms with E-state index in [1.807, 2.05) is 0 Å². The van der Waals surface area contributed by atoms with Crippen LogP contribution in [0.1, 0.15) is 6.92 Å². The van der Waals surface area contributed by atoms with Crippen LogP contribution in [-0.4, -0.2) is 43.6 Å². The number of esters is 1. The molecular weight excluding hydrogens is 292 g/mol. The van der Waals surface area contributed by atoms with E-state index in [2.05, 4.69) is 15.5 Å². The molecule has 0 saturated heterocycles. The van der Waals surface area contributed by atoms with Gasteiger partial charge >= 0.3 is 5.97 Å². The first-order valence-electron chi connectivity index (χ1n) is 6.24. The molecule has 1 heterocycles. The van der Waals surface area contributed by atoms with Crippen LogP contribution in [0.25, 0.3) is 5.69 Å². The number of aromatic nitrogens is 4. The number of carbonyl (C=O) groups excluding carboxylic acids is 1. The van der Waals surface area contributed by atoms with Gasteiger partial charge in [0.1, 0.15) is 5.75 Å². The molecule has 21 heavy (non-hydrogen) atoms. The molecule has 2 aromatic rings. The highest BCUT2D eigenvalue weighted by molar-refractivity contribution is 7.99. The second kappa shape index (κ2) is 7.44. The van der Waals surface area contributed by atoms with Gasteiger partial charge in [-0.05, 0) is 41.6 Å². The van der Waals surface area contributed by atoms with Crippen LogP contribution in [-0.2, 0) is 9.53 Å². The molecule has 0 radical (unpaired) electrons. The molecule has 110 valence electrons. The zero-order chi connectivity index (χ0) is 15.1. The van der Waals surface area contributed by atoms with Crippen molar-refractivity contribution in [3.63, 3.8) is 0 Å². The molecule has 0 aliphatic heterocycles. The normalized spacial score (nSPS) is 10.9. The van der Waals surface area contributed by atoms with Crippen molar-refractivity contribution >= 4 is 17.7 Å². The highest BCUT2D eigenvalue weighted by Gasteiger charge is 2.08. The van der Waals surface area contributed by atoms with Crippen molar-refractivity contribution in [1.82, 2.24) is 20.2 Å². The van der Waals surface area contributed by atoms with Gasteiger partial charge in [0.15, 0.2) is 0 Å². The summed E-state index contributed by atoms with van der Waals surface area (Å²) in [6.07, 6.45) is 3.07. The Morgan fingerprint density at radius 2 is 2.19 bits per heavy atom. The van der Waals surface area contributed by atoms with Crippen LogP contribution in [0.5, 0.6) is 5.75 Å². The highest BCUT2D eigenvalue weighted by Crippen LogP contribution is 2.19. The summed E-state index contributed by atoms with van der Waals surface area (Å²) >= 11 is 1.38. The quantitative estimate of drug-likeness (QED) is 0.492. The zero-order valence-electron chi connectivity index (χ0n) is 11.3. The fraction of sp³-hybridized carbons (Fsp3) is 0.231. The average molecular weight is 306 g/mol. The molecule has 0 unspecified atom stereocenters. The smallest absolute Gasteiger partial charge is 0.330 e. The van der Waals surface area contributed by atoms with Crippen molar-refractivity contribution in [2.24, 2.45) is 0 Å². The fourth-order valence-electron chi connectivity index (χ4n) is 1.48. The van der Waals surface area contributed by atoms with Gasteiger partial charge in [0.05, 0.1) is 12.3 Å². The first-order valence-corrected chi connectivity index (χ1v) is 7.23. The van der Waals surface area contributed by atoms with Crippen LogP contribution in [0.4, 0.5) is 0 Å². The summed E-state index contributed by atoms with van der Waals surface area (Å²) in [5.74, 6) is 0.353. The third-order valence-corrected chi connectivity index (χ3v) is 3.26. The van der Waals surface area contributed by atoms with Gasteiger partial charge < -0.3 is 9.84 Å². The molecule has 0 atom stereocenters. The molecule has 1 N–H and O–H groups in total. The van der Waals surface area contributed by atoms with E-state index in [0.29, 0.717) is 17.5 Å². The minimum Gasteiger partial charge on any atom is -0.508 e. The van der Waals surface area contributed by atoms with Crippen molar-refractivity contribution in [3.05, 3.63) is 36.4 Å². The summed E-state index contributed by atoms with van der Waals surface area (Å²) in [4.78, 5) is 11.1. The van der Waals surface area contributed by atoms with Crippen molar-refractivity contribution in [1.29, 1.82) is 0 Å².